The Hall–Kier alpha value is -4.02. The van der Waals surface area contributed by atoms with Crippen LogP contribution < -0.4 is 16.1 Å². The fourth-order valence-electron chi connectivity index (χ4n) is 3.45. The van der Waals surface area contributed by atoms with Gasteiger partial charge in [-0.3, -0.25) is 14.4 Å². The summed E-state index contributed by atoms with van der Waals surface area (Å²) < 4.78 is 2.01. The van der Waals surface area contributed by atoms with Gasteiger partial charge in [-0.25, -0.2) is 20.4 Å². The lowest BCUT2D eigenvalue weighted by molar-refractivity contribution is 0.0706. The monoisotopic (exact) mass is 446 g/mol. The van der Waals surface area contributed by atoms with Gasteiger partial charge in [-0.05, 0) is 57.4 Å². The number of likely N-dealkylation sites (N-methyl/N-ethyl adjacent to an activating group) is 1. The first-order valence-corrected chi connectivity index (χ1v) is 10.5. The Morgan fingerprint density at radius 2 is 1.88 bits per heavy atom. The summed E-state index contributed by atoms with van der Waals surface area (Å²) in [5.41, 5.74) is 7.02. The van der Waals surface area contributed by atoms with Crippen LogP contribution in [0.25, 0.3) is 17.0 Å². The van der Waals surface area contributed by atoms with Gasteiger partial charge < -0.3 is 15.5 Å². The first kappa shape index (κ1) is 22.2. The van der Waals surface area contributed by atoms with Crippen molar-refractivity contribution in [1.29, 1.82) is 0 Å². The first-order chi connectivity index (χ1) is 15.9. The Bertz CT molecular complexity index is 1270. The molecule has 33 heavy (non-hydrogen) atoms. The number of anilines is 3. The van der Waals surface area contributed by atoms with E-state index in [2.05, 4.69) is 25.5 Å². The average molecular weight is 447 g/mol. The summed E-state index contributed by atoms with van der Waals surface area (Å²) in [5.74, 6) is -0.151. The van der Waals surface area contributed by atoms with Gasteiger partial charge in [0.05, 0.1) is 17.1 Å². The molecule has 10 nitrogen and oxygen atoms in total. The Balaban J connectivity index is 1.56. The topological polar surface area (TPSA) is 120 Å². The summed E-state index contributed by atoms with van der Waals surface area (Å²) in [6.45, 7) is 3.75. The molecule has 10 heteroatoms. The van der Waals surface area contributed by atoms with E-state index in [1.165, 1.54) is 0 Å². The van der Waals surface area contributed by atoms with Crippen LogP contribution in [0.15, 0.2) is 54.9 Å². The van der Waals surface area contributed by atoms with Gasteiger partial charge in [0.25, 0.3) is 5.91 Å². The van der Waals surface area contributed by atoms with E-state index in [0.717, 1.165) is 41.5 Å². The van der Waals surface area contributed by atoms with Crippen molar-refractivity contribution in [3.63, 3.8) is 0 Å². The van der Waals surface area contributed by atoms with Crippen LogP contribution in [0.5, 0.6) is 0 Å². The van der Waals surface area contributed by atoms with E-state index in [-0.39, 0.29) is 0 Å². The van der Waals surface area contributed by atoms with Gasteiger partial charge in [0.2, 0.25) is 5.95 Å². The minimum Gasteiger partial charge on any atom is -0.384 e. The SMILES string of the molecule is Cc1nc2cc(NCCN(C)C)ccn2c1-c1ccnc(Nc2ccc(C(=O)NO)cc2)n1. The van der Waals surface area contributed by atoms with E-state index in [1.807, 2.05) is 49.8 Å². The van der Waals surface area contributed by atoms with Crippen molar-refractivity contribution in [2.75, 3.05) is 37.8 Å². The van der Waals surface area contributed by atoms with Crippen LogP contribution in [-0.2, 0) is 0 Å². The van der Waals surface area contributed by atoms with Gasteiger partial charge in [-0.15, -0.1) is 0 Å². The number of hydroxylamine groups is 1. The molecule has 1 amide bonds. The fourth-order valence-corrected chi connectivity index (χ4v) is 3.45. The number of nitrogens with one attached hydrogen (secondary N) is 3. The minimum atomic E-state index is -0.570. The number of aryl methyl sites for hydroxylation is 1. The molecular weight excluding hydrogens is 420 g/mol. The second-order valence-corrected chi connectivity index (χ2v) is 7.83. The molecule has 0 aliphatic rings. The minimum absolute atomic E-state index is 0.342. The average Bonchev–Trinajstić information content (AvgIpc) is 3.14. The molecule has 3 heterocycles. The standard InChI is InChI=1S/C23H26N8O2/c1-15-21(31-12-9-18(14-20(31)26-15)24-11-13-30(2)3)19-8-10-25-23(28-19)27-17-6-4-16(5-7-17)22(32)29-33/h4-10,12,14,24,33H,11,13H2,1-3H3,(H,29,32)(H,25,27,28). The molecule has 0 fully saturated rings. The van der Waals surface area contributed by atoms with E-state index in [1.54, 1.807) is 35.9 Å². The summed E-state index contributed by atoms with van der Waals surface area (Å²) in [7, 11) is 4.09. The molecule has 1 aromatic carbocycles. The number of amides is 1. The normalized spacial score (nSPS) is 11.1. The Morgan fingerprint density at radius 3 is 2.61 bits per heavy atom. The van der Waals surface area contributed by atoms with E-state index in [4.69, 9.17) is 10.2 Å². The number of aromatic nitrogens is 4. The molecule has 4 rings (SSSR count). The lowest BCUT2D eigenvalue weighted by atomic mass is 10.2. The molecule has 0 bridgehead atoms. The third-order valence-electron chi connectivity index (χ3n) is 5.09. The summed E-state index contributed by atoms with van der Waals surface area (Å²) in [6, 6.07) is 12.5. The molecule has 0 aliphatic heterocycles. The Labute approximate surface area is 191 Å². The van der Waals surface area contributed by atoms with Crippen molar-refractivity contribution in [1.82, 2.24) is 29.7 Å². The third kappa shape index (κ3) is 5.08. The van der Waals surface area contributed by atoms with E-state index in [0.29, 0.717) is 17.2 Å². The summed E-state index contributed by atoms with van der Waals surface area (Å²) >= 11 is 0. The quantitative estimate of drug-likeness (QED) is 0.241. The van der Waals surface area contributed by atoms with Crippen LogP contribution in [0.4, 0.5) is 17.3 Å². The Morgan fingerprint density at radius 1 is 1.09 bits per heavy atom. The number of carbonyl (C=O) groups excluding carboxylic acids is 1. The van der Waals surface area contributed by atoms with Gasteiger partial charge >= 0.3 is 0 Å². The number of pyridine rings is 1. The lowest BCUT2D eigenvalue weighted by Gasteiger charge is -2.11. The van der Waals surface area contributed by atoms with E-state index < -0.39 is 5.91 Å². The number of fused-ring (bicyclic) bond motifs is 1. The van der Waals surface area contributed by atoms with Gasteiger partial charge in [0.1, 0.15) is 5.65 Å². The van der Waals surface area contributed by atoms with Crippen molar-refractivity contribution < 1.29 is 10.0 Å². The number of carbonyl (C=O) groups is 1. The predicted molar refractivity (Wildman–Crippen MR) is 127 cm³/mol. The van der Waals surface area contributed by atoms with Gasteiger partial charge in [0.15, 0.2) is 0 Å². The molecule has 170 valence electrons. The number of rotatable bonds is 8. The molecule has 0 saturated heterocycles. The van der Waals surface area contributed by atoms with Crippen LogP contribution in [0.3, 0.4) is 0 Å². The van der Waals surface area contributed by atoms with Crippen LogP contribution in [0, 0.1) is 6.92 Å². The maximum absolute atomic E-state index is 11.5. The molecular formula is C23H26N8O2. The maximum atomic E-state index is 11.5. The highest BCUT2D eigenvalue weighted by Gasteiger charge is 2.14. The first-order valence-electron chi connectivity index (χ1n) is 10.5. The van der Waals surface area contributed by atoms with Gasteiger partial charge in [-0.2, -0.15) is 0 Å². The van der Waals surface area contributed by atoms with Crippen molar-refractivity contribution in [3.8, 4) is 11.4 Å². The highest BCUT2D eigenvalue weighted by Crippen LogP contribution is 2.26. The molecule has 0 aliphatic carbocycles. The second-order valence-electron chi connectivity index (χ2n) is 7.83. The maximum Gasteiger partial charge on any atom is 0.274 e. The highest BCUT2D eigenvalue weighted by molar-refractivity contribution is 5.93. The Kier molecular flexibility index (Phi) is 6.48. The third-order valence-corrected chi connectivity index (χ3v) is 5.09. The van der Waals surface area contributed by atoms with Crippen molar-refractivity contribution >= 4 is 28.9 Å². The van der Waals surface area contributed by atoms with E-state index in [9.17, 15) is 4.79 Å². The zero-order valence-corrected chi connectivity index (χ0v) is 18.7. The molecule has 0 unspecified atom stereocenters. The highest BCUT2D eigenvalue weighted by atomic mass is 16.5. The molecule has 0 saturated carbocycles. The summed E-state index contributed by atoms with van der Waals surface area (Å²) in [6.07, 6.45) is 3.68. The number of hydrogen-bond acceptors (Lipinski definition) is 8. The zero-order chi connectivity index (χ0) is 23.4. The lowest BCUT2D eigenvalue weighted by Crippen LogP contribution is -2.20. The van der Waals surface area contributed by atoms with Crippen molar-refractivity contribution in [2.24, 2.45) is 0 Å². The molecule has 0 radical (unpaired) electrons. The van der Waals surface area contributed by atoms with Crippen LogP contribution in [-0.4, -0.2) is 62.6 Å². The zero-order valence-electron chi connectivity index (χ0n) is 18.7. The number of imidazole rings is 1. The second kappa shape index (κ2) is 9.63. The van der Waals surface area contributed by atoms with Crippen LogP contribution >= 0.6 is 0 Å². The van der Waals surface area contributed by atoms with E-state index >= 15 is 0 Å². The van der Waals surface area contributed by atoms with Gasteiger partial charge in [0, 0.05) is 48.5 Å². The van der Waals surface area contributed by atoms with Gasteiger partial charge in [-0.1, -0.05) is 0 Å². The smallest absolute Gasteiger partial charge is 0.274 e. The van der Waals surface area contributed by atoms with Crippen LogP contribution in [0.1, 0.15) is 16.1 Å². The number of nitrogens with zero attached hydrogens (tertiary/aromatic N) is 5. The predicted octanol–water partition coefficient (Wildman–Crippen LogP) is 2.94. The summed E-state index contributed by atoms with van der Waals surface area (Å²) in [4.78, 5) is 27.3. The largest absolute Gasteiger partial charge is 0.384 e. The van der Waals surface area contributed by atoms with Crippen molar-refractivity contribution in [2.45, 2.75) is 6.92 Å². The molecule has 0 atom stereocenters. The number of benzene rings is 1. The number of hydrogen-bond donors (Lipinski definition) is 4. The fraction of sp³-hybridized carbons (Fsp3) is 0.217. The van der Waals surface area contributed by atoms with Crippen molar-refractivity contribution in [3.05, 3.63) is 66.1 Å². The molecule has 4 aromatic rings. The summed E-state index contributed by atoms with van der Waals surface area (Å²) in [5, 5.41) is 15.3. The molecule has 3 aromatic heterocycles. The molecule has 0 spiro atoms. The molecule has 4 N–H and O–H groups in total. The van der Waals surface area contributed by atoms with Crippen LogP contribution in [0.2, 0.25) is 0 Å².